The number of primary sulfonamides is 1. The summed E-state index contributed by atoms with van der Waals surface area (Å²) >= 11 is 0. The van der Waals surface area contributed by atoms with Gasteiger partial charge in [-0.25, -0.2) is 13.6 Å². The van der Waals surface area contributed by atoms with E-state index >= 15 is 0 Å². The molecule has 0 unspecified atom stereocenters. The van der Waals surface area contributed by atoms with E-state index in [0.717, 1.165) is 26.1 Å². The molecule has 1 aliphatic rings. The summed E-state index contributed by atoms with van der Waals surface area (Å²) in [5.74, 6) is -0.142. The normalized spacial score (nSPS) is 17.0. The predicted molar refractivity (Wildman–Crippen MR) is 80.4 cm³/mol. The molecule has 1 fully saturated rings. The van der Waals surface area contributed by atoms with E-state index in [0.29, 0.717) is 18.7 Å². The van der Waals surface area contributed by atoms with Gasteiger partial charge in [-0.15, -0.1) is 0 Å². The molecular weight excluding hydrogens is 290 g/mol. The van der Waals surface area contributed by atoms with Gasteiger partial charge in [-0.3, -0.25) is 9.69 Å². The molecule has 2 rings (SSSR count). The van der Waals surface area contributed by atoms with Crippen LogP contribution in [-0.4, -0.2) is 56.8 Å². The van der Waals surface area contributed by atoms with Crippen molar-refractivity contribution < 1.29 is 13.2 Å². The summed E-state index contributed by atoms with van der Waals surface area (Å²) in [6.07, 6.45) is 1.10. The zero-order valence-corrected chi connectivity index (χ0v) is 13.0. The zero-order valence-electron chi connectivity index (χ0n) is 12.2. The van der Waals surface area contributed by atoms with Gasteiger partial charge in [-0.05, 0) is 31.2 Å². The van der Waals surface area contributed by atoms with Crippen LogP contribution in [0.1, 0.15) is 23.7 Å². The molecule has 2 N–H and O–H groups in total. The van der Waals surface area contributed by atoms with Crippen LogP contribution in [0.4, 0.5) is 0 Å². The molecule has 0 bridgehead atoms. The molecule has 116 valence electrons. The maximum Gasteiger partial charge on any atom is 0.253 e. The van der Waals surface area contributed by atoms with Crippen molar-refractivity contribution in [3.05, 3.63) is 29.8 Å². The Morgan fingerprint density at radius 1 is 1.24 bits per heavy atom. The van der Waals surface area contributed by atoms with E-state index in [1.165, 1.54) is 12.1 Å². The van der Waals surface area contributed by atoms with Crippen LogP contribution >= 0.6 is 0 Å². The molecule has 1 heterocycles. The van der Waals surface area contributed by atoms with Crippen LogP contribution in [0.2, 0.25) is 0 Å². The molecule has 21 heavy (non-hydrogen) atoms. The first-order valence-corrected chi connectivity index (χ1v) is 8.61. The SMILES string of the molecule is CCCN1CCN(C(=O)c2cccc(S(N)(=O)=O)c2)CC1. The van der Waals surface area contributed by atoms with Crippen molar-refractivity contribution in [1.29, 1.82) is 0 Å². The Bertz CT molecular complexity index is 608. The summed E-state index contributed by atoms with van der Waals surface area (Å²) in [5.41, 5.74) is 0.366. The molecule has 1 aromatic rings. The Labute approximate surface area is 125 Å². The third kappa shape index (κ3) is 4.03. The minimum Gasteiger partial charge on any atom is -0.336 e. The van der Waals surface area contributed by atoms with E-state index < -0.39 is 10.0 Å². The van der Waals surface area contributed by atoms with Crippen LogP contribution in [-0.2, 0) is 10.0 Å². The number of nitrogens with two attached hydrogens (primary N) is 1. The molecule has 0 radical (unpaired) electrons. The van der Waals surface area contributed by atoms with Gasteiger partial charge in [-0.1, -0.05) is 13.0 Å². The molecule has 0 spiro atoms. The molecular formula is C14H21N3O3S. The van der Waals surface area contributed by atoms with Crippen molar-refractivity contribution in [1.82, 2.24) is 9.80 Å². The molecule has 0 aliphatic carbocycles. The first kappa shape index (κ1) is 15.9. The summed E-state index contributed by atoms with van der Waals surface area (Å²) in [5, 5.41) is 5.10. The van der Waals surface area contributed by atoms with Gasteiger partial charge in [0.05, 0.1) is 4.90 Å². The van der Waals surface area contributed by atoms with Gasteiger partial charge in [0.25, 0.3) is 5.91 Å². The number of piperazine rings is 1. The van der Waals surface area contributed by atoms with Crippen LogP contribution in [0, 0.1) is 0 Å². The van der Waals surface area contributed by atoms with E-state index in [9.17, 15) is 13.2 Å². The van der Waals surface area contributed by atoms with Gasteiger partial charge < -0.3 is 4.90 Å². The average Bonchev–Trinajstić information content (AvgIpc) is 2.47. The fourth-order valence-corrected chi connectivity index (χ4v) is 3.04. The van der Waals surface area contributed by atoms with Crippen molar-refractivity contribution >= 4 is 15.9 Å². The van der Waals surface area contributed by atoms with Crippen molar-refractivity contribution in [2.75, 3.05) is 32.7 Å². The lowest BCUT2D eigenvalue weighted by Gasteiger charge is -2.34. The minimum absolute atomic E-state index is 0.0297. The largest absolute Gasteiger partial charge is 0.336 e. The molecule has 0 aromatic heterocycles. The zero-order chi connectivity index (χ0) is 15.5. The van der Waals surface area contributed by atoms with Crippen LogP contribution in [0.3, 0.4) is 0 Å². The second-order valence-corrected chi connectivity index (χ2v) is 6.77. The summed E-state index contributed by atoms with van der Waals surface area (Å²) in [7, 11) is -3.78. The maximum absolute atomic E-state index is 12.4. The summed E-state index contributed by atoms with van der Waals surface area (Å²) in [4.78, 5) is 16.5. The first-order chi connectivity index (χ1) is 9.91. The van der Waals surface area contributed by atoms with Gasteiger partial charge in [-0.2, -0.15) is 0 Å². The topological polar surface area (TPSA) is 83.7 Å². The fraction of sp³-hybridized carbons (Fsp3) is 0.500. The third-order valence-electron chi connectivity index (χ3n) is 3.61. The molecule has 1 aliphatic heterocycles. The number of hydrogen-bond donors (Lipinski definition) is 1. The van der Waals surface area contributed by atoms with Crippen LogP contribution in [0.15, 0.2) is 29.2 Å². The Morgan fingerprint density at radius 2 is 1.90 bits per heavy atom. The predicted octanol–water partition coefficient (Wildman–Crippen LogP) is 0.502. The number of amides is 1. The second kappa shape index (κ2) is 6.55. The number of sulfonamides is 1. The van der Waals surface area contributed by atoms with Gasteiger partial charge in [0.1, 0.15) is 0 Å². The van der Waals surface area contributed by atoms with Crippen LogP contribution < -0.4 is 5.14 Å². The molecule has 0 atom stereocenters. The fourth-order valence-electron chi connectivity index (χ4n) is 2.48. The monoisotopic (exact) mass is 311 g/mol. The number of nitrogens with zero attached hydrogens (tertiary/aromatic N) is 2. The lowest BCUT2D eigenvalue weighted by molar-refractivity contribution is 0.0637. The molecule has 1 aromatic carbocycles. The number of hydrogen-bond acceptors (Lipinski definition) is 4. The molecule has 1 saturated heterocycles. The average molecular weight is 311 g/mol. The van der Waals surface area contributed by atoms with E-state index in [1.807, 2.05) is 0 Å². The first-order valence-electron chi connectivity index (χ1n) is 7.06. The Kier molecular flexibility index (Phi) is 4.97. The number of benzene rings is 1. The summed E-state index contributed by atoms with van der Waals surface area (Å²) in [6.45, 7) is 6.22. The lowest BCUT2D eigenvalue weighted by Crippen LogP contribution is -2.48. The number of carbonyl (C=O) groups excluding carboxylic acids is 1. The van der Waals surface area contributed by atoms with E-state index in [4.69, 9.17) is 5.14 Å². The highest BCUT2D eigenvalue weighted by Crippen LogP contribution is 2.13. The van der Waals surface area contributed by atoms with Crippen molar-refractivity contribution in [2.24, 2.45) is 5.14 Å². The van der Waals surface area contributed by atoms with Gasteiger partial charge in [0, 0.05) is 31.7 Å². The third-order valence-corrected chi connectivity index (χ3v) is 4.52. The Balaban J connectivity index is 2.08. The standard InChI is InChI=1S/C14H21N3O3S/c1-2-6-16-7-9-17(10-8-16)14(18)12-4-3-5-13(11-12)21(15,19)20/h3-5,11H,2,6-10H2,1H3,(H2,15,19,20). The highest BCUT2D eigenvalue weighted by molar-refractivity contribution is 7.89. The van der Waals surface area contributed by atoms with Crippen molar-refractivity contribution in [2.45, 2.75) is 18.2 Å². The number of rotatable bonds is 4. The Morgan fingerprint density at radius 3 is 2.48 bits per heavy atom. The summed E-state index contributed by atoms with van der Waals surface area (Å²) in [6, 6.07) is 5.90. The summed E-state index contributed by atoms with van der Waals surface area (Å²) < 4.78 is 22.7. The maximum atomic E-state index is 12.4. The smallest absolute Gasteiger partial charge is 0.253 e. The quantitative estimate of drug-likeness (QED) is 0.878. The van der Waals surface area contributed by atoms with Gasteiger partial charge >= 0.3 is 0 Å². The highest BCUT2D eigenvalue weighted by Gasteiger charge is 2.22. The van der Waals surface area contributed by atoms with Crippen LogP contribution in [0.25, 0.3) is 0 Å². The molecule has 6 nitrogen and oxygen atoms in total. The van der Waals surface area contributed by atoms with Crippen molar-refractivity contribution in [3.8, 4) is 0 Å². The Hall–Kier alpha value is -1.44. The number of carbonyl (C=O) groups is 1. The minimum atomic E-state index is -3.78. The van der Waals surface area contributed by atoms with E-state index in [-0.39, 0.29) is 10.8 Å². The van der Waals surface area contributed by atoms with Crippen LogP contribution in [0.5, 0.6) is 0 Å². The van der Waals surface area contributed by atoms with Gasteiger partial charge in [0.2, 0.25) is 10.0 Å². The molecule has 0 saturated carbocycles. The van der Waals surface area contributed by atoms with Gasteiger partial charge in [0.15, 0.2) is 0 Å². The molecule has 1 amide bonds. The highest BCUT2D eigenvalue weighted by atomic mass is 32.2. The van der Waals surface area contributed by atoms with E-state index in [1.54, 1.807) is 17.0 Å². The molecule has 7 heteroatoms. The second-order valence-electron chi connectivity index (χ2n) is 5.21. The van der Waals surface area contributed by atoms with Crippen molar-refractivity contribution in [3.63, 3.8) is 0 Å². The van der Waals surface area contributed by atoms with E-state index in [2.05, 4.69) is 11.8 Å². The lowest BCUT2D eigenvalue weighted by atomic mass is 10.2.